The number of phenolic OH excluding ortho intramolecular Hbond substituents is 1. The molecule has 0 aliphatic rings. The Balaban J connectivity index is 1.65. The van der Waals surface area contributed by atoms with E-state index in [1.807, 2.05) is 0 Å². The van der Waals surface area contributed by atoms with Crippen molar-refractivity contribution in [2.75, 3.05) is 0 Å². The van der Waals surface area contributed by atoms with E-state index in [1.54, 1.807) is 0 Å². The summed E-state index contributed by atoms with van der Waals surface area (Å²) in [7, 11) is 0. The maximum absolute atomic E-state index is 11.1. The molecule has 0 aliphatic carbocycles. The van der Waals surface area contributed by atoms with Gasteiger partial charge < -0.3 is 5.11 Å². The molecule has 0 heterocycles. The Morgan fingerprint density at radius 3 is 1.47 bits per heavy atom. The highest BCUT2D eigenvalue weighted by molar-refractivity contribution is 5.45. The minimum atomic E-state index is 0.514. The number of aryl methyl sites for hydroxylation is 5. The van der Waals surface area contributed by atoms with Crippen molar-refractivity contribution in [2.24, 2.45) is 0 Å². The van der Waals surface area contributed by atoms with Crippen LogP contribution in [0.4, 0.5) is 0 Å². The molecule has 0 aromatic heterocycles. The standard InChI is InChI=1S/C31H40O/c1-2-3-4-5-6-7-10-19-28-24-29(22-20-26-15-11-8-12-16-26)31(32)30(25-28)23-21-27-17-13-9-14-18-27/h8-9,11-18,24-25,32H,2-7,10,19-23H2,1H3. The zero-order chi connectivity index (χ0) is 22.4. The van der Waals surface area contributed by atoms with Crippen LogP contribution in [-0.2, 0) is 32.1 Å². The summed E-state index contributed by atoms with van der Waals surface area (Å²) in [6.07, 6.45) is 14.1. The lowest BCUT2D eigenvalue weighted by molar-refractivity contribution is 0.460. The molecule has 170 valence electrons. The maximum Gasteiger partial charge on any atom is 0.121 e. The van der Waals surface area contributed by atoms with E-state index >= 15 is 0 Å². The largest absolute Gasteiger partial charge is 0.507 e. The number of benzene rings is 3. The molecule has 1 heteroatoms. The Labute approximate surface area is 195 Å². The third kappa shape index (κ3) is 8.19. The predicted molar refractivity (Wildman–Crippen MR) is 138 cm³/mol. The summed E-state index contributed by atoms with van der Waals surface area (Å²) in [4.78, 5) is 0. The van der Waals surface area contributed by atoms with Crippen molar-refractivity contribution in [3.63, 3.8) is 0 Å². The van der Waals surface area contributed by atoms with Crippen LogP contribution in [0.2, 0.25) is 0 Å². The Morgan fingerprint density at radius 1 is 0.500 bits per heavy atom. The first-order valence-corrected chi connectivity index (χ1v) is 12.7. The van der Waals surface area contributed by atoms with E-state index in [2.05, 4.69) is 79.7 Å². The van der Waals surface area contributed by atoms with Crippen LogP contribution in [-0.4, -0.2) is 5.11 Å². The van der Waals surface area contributed by atoms with Crippen molar-refractivity contribution in [3.05, 3.63) is 101 Å². The molecule has 0 spiro atoms. The molecule has 1 nitrogen and oxygen atoms in total. The zero-order valence-corrected chi connectivity index (χ0v) is 19.9. The van der Waals surface area contributed by atoms with Gasteiger partial charge in [0.1, 0.15) is 5.75 Å². The Hall–Kier alpha value is -2.54. The monoisotopic (exact) mass is 428 g/mol. The number of aromatic hydroxyl groups is 1. The molecule has 0 unspecified atom stereocenters. The molecule has 0 aliphatic heterocycles. The molecule has 0 bridgehead atoms. The highest BCUT2D eigenvalue weighted by atomic mass is 16.3. The second-order valence-electron chi connectivity index (χ2n) is 9.11. The fourth-order valence-corrected chi connectivity index (χ4v) is 4.49. The van der Waals surface area contributed by atoms with Crippen LogP contribution in [0, 0.1) is 0 Å². The van der Waals surface area contributed by atoms with Crippen LogP contribution in [0.1, 0.15) is 79.7 Å². The number of unbranched alkanes of at least 4 members (excludes halogenated alkanes) is 6. The van der Waals surface area contributed by atoms with Crippen LogP contribution in [0.3, 0.4) is 0 Å². The van der Waals surface area contributed by atoms with Gasteiger partial charge >= 0.3 is 0 Å². The summed E-state index contributed by atoms with van der Waals surface area (Å²) < 4.78 is 0. The van der Waals surface area contributed by atoms with E-state index in [-0.39, 0.29) is 0 Å². The van der Waals surface area contributed by atoms with Crippen molar-refractivity contribution < 1.29 is 5.11 Å². The molecule has 3 aromatic rings. The lowest BCUT2D eigenvalue weighted by Gasteiger charge is -2.14. The third-order valence-electron chi connectivity index (χ3n) is 6.45. The van der Waals surface area contributed by atoms with E-state index in [4.69, 9.17) is 0 Å². The van der Waals surface area contributed by atoms with Gasteiger partial charge in [0.25, 0.3) is 0 Å². The van der Waals surface area contributed by atoms with Gasteiger partial charge in [-0.2, -0.15) is 0 Å². The van der Waals surface area contributed by atoms with Gasteiger partial charge in [-0.25, -0.2) is 0 Å². The molecule has 0 radical (unpaired) electrons. The molecule has 3 aromatic carbocycles. The Bertz CT molecular complexity index is 834. The molecule has 0 saturated carbocycles. The average Bonchev–Trinajstić information content (AvgIpc) is 2.84. The SMILES string of the molecule is CCCCCCCCCc1cc(CCc2ccccc2)c(O)c(CCc2ccccc2)c1. The summed E-state index contributed by atoms with van der Waals surface area (Å²) >= 11 is 0. The first kappa shape index (κ1) is 24.1. The van der Waals surface area contributed by atoms with Gasteiger partial charge in [-0.15, -0.1) is 0 Å². The first-order valence-electron chi connectivity index (χ1n) is 12.7. The molecular weight excluding hydrogens is 388 g/mol. The summed E-state index contributed by atoms with van der Waals surface area (Å²) in [6.45, 7) is 2.27. The van der Waals surface area contributed by atoms with Gasteiger partial charge in [-0.05, 0) is 66.3 Å². The smallest absolute Gasteiger partial charge is 0.121 e. The van der Waals surface area contributed by atoms with E-state index < -0.39 is 0 Å². The topological polar surface area (TPSA) is 20.2 Å². The van der Waals surface area contributed by atoms with Gasteiger partial charge in [0.2, 0.25) is 0 Å². The number of hydrogen-bond acceptors (Lipinski definition) is 1. The first-order chi connectivity index (χ1) is 15.8. The van der Waals surface area contributed by atoms with Gasteiger partial charge in [-0.1, -0.05) is 118 Å². The van der Waals surface area contributed by atoms with E-state index in [1.165, 1.54) is 61.6 Å². The summed E-state index contributed by atoms with van der Waals surface area (Å²) in [5.74, 6) is 0.514. The predicted octanol–water partition coefficient (Wildman–Crippen LogP) is 8.26. The van der Waals surface area contributed by atoms with Crippen molar-refractivity contribution in [1.29, 1.82) is 0 Å². The quantitative estimate of drug-likeness (QED) is 0.256. The minimum Gasteiger partial charge on any atom is -0.507 e. The van der Waals surface area contributed by atoms with Gasteiger partial charge in [0, 0.05) is 0 Å². The molecule has 3 rings (SSSR count). The molecule has 1 N–H and O–H groups in total. The van der Waals surface area contributed by atoms with Crippen LogP contribution in [0.25, 0.3) is 0 Å². The van der Waals surface area contributed by atoms with Crippen molar-refractivity contribution >= 4 is 0 Å². The number of rotatable bonds is 14. The fraction of sp³-hybridized carbons (Fsp3) is 0.419. The molecule has 32 heavy (non-hydrogen) atoms. The summed E-state index contributed by atoms with van der Waals surface area (Å²) in [5.41, 5.74) is 6.27. The van der Waals surface area contributed by atoms with E-state index in [0.29, 0.717) is 5.75 Å². The van der Waals surface area contributed by atoms with Gasteiger partial charge in [0.15, 0.2) is 0 Å². The molecular formula is C31H40O. The Morgan fingerprint density at radius 2 is 0.969 bits per heavy atom. The highest BCUT2D eigenvalue weighted by Gasteiger charge is 2.11. The number of hydrogen-bond donors (Lipinski definition) is 1. The molecule has 0 saturated heterocycles. The van der Waals surface area contributed by atoms with Crippen LogP contribution in [0.15, 0.2) is 72.8 Å². The lowest BCUT2D eigenvalue weighted by atomic mass is 9.93. The highest BCUT2D eigenvalue weighted by Crippen LogP contribution is 2.28. The van der Waals surface area contributed by atoms with Gasteiger partial charge in [-0.3, -0.25) is 0 Å². The summed E-state index contributed by atoms with van der Waals surface area (Å²) in [6, 6.07) is 25.7. The zero-order valence-electron chi connectivity index (χ0n) is 19.9. The maximum atomic E-state index is 11.1. The van der Waals surface area contributed by atoms with Crippen LogP contribution >= 0.6 is 0 Å². The fourth-order valence-electron chi connectivity index (χ4n) is 4.49. The lowest BCUT2D eigenvalue weighted by Crippen LogP contribution is -2.00. The molecule has 0 fully saturated rings. The van der Waals surface area contributed by atoms with Crippen LogP contribution in [0.5, 0.6) is 5.75 Å². The second kappa shape index (κ2) is 13.8. The Kier molecular flexibility index (Phi) is 10.4. The second-order valence-corrected chi connectivity index (χ2v) is 9.11. The average molecular weight is 429 g/mol. The van der Waals surface area contributed by atoms with Gasteiger partial charge in [0.05, 0.1) is 0 Å². The normalized spacial score (nSPS) is 11.0. The van der Waals surface area contributed by atoms with Crippen LogP contribution < -0.4 is 0 Å². The minimum absolute atomic E-state index is 0.514. The van der Waals surface area contributed by atoms with Crippen molar-refractivity contribution in [1.82, 2.24) is 0 Å². The molecule has 0 amide bonds. The summed E-state index contributed by atoms with van der Waals surface area (Å²) in [5, 5.41) is 11.1. The van der Waals surface area contributed by atoms with E-state index in [0.717, 1.165) is 43.2 Å². The number of phenols is 1. The molecule has 0 atom stereocenters. The third-order valence-corrected chi connectivity index (χ3v) is 6.45. The van der Waals surface area contributed by atoms with Crippen molar-refractivity contribution in [2.45, 2.75) is 84.0 Å². The van der Waals surface area contributed by atoms with Crippen molar-refractivity contribution in [3.8, 4) is 5.75 Å². The van der Waals surface area contributed by atoms with E-state index in [9.17, 15) is 5.11 Å².